The number of hydrogen-bond donors (Lipinski definition) is 2. The monoisotopic (exact) mass is 386 g/mol. The van der Waals surface area contributed by atoms with Crippen LogP contribution in [0.1, 0.15) is 10.4 Å². The smallest absolute Gasteiger partial charge is 0.332 e. The van der Waals surface area contributed by atoms with Crippen molar-refractivity contribution in [2.75, 3.05) is 5.32 Å². The van der Waals surface area contributed by atoms with Crippen molar-refractivity contribution in [1.82, 2.24) is 9.13 Å². The van der Waals surface area contributed by atoms with E-state index in [-0.39, 0.29) is 11.4 Å². The molecule has 2 rings (SSSR count). The Labute approximate surface area is 138 Å². The molecule has 0 radical (unpaired) electrons. The molecule has 0 aliphatic rings. The van der Waals surface area contributed by atoms with Crippen LogP contribution in [0.3, 0.4) is 0 Å². The summed E-state index contributed by atoms with van der Waals surface area (Å²) in [6.45, 7) is 0. The zero-order valence-electron chi connectivity index (χ0n) is 11.7. The van der Waals surface area contributed by atoms with Crippen LogP contribution >= 0.6 is 27.5 Å². The topological polar surface area (TPSA) is 99.1 Å². The van der Waals surface area contributed by atoms with Crippen LogP contribution in [0.2, 0.25) is 5.02 Å². The van der Waals surface area contributed by atoms with Gasteiger partial charge in [0.2, 0.25) is 0 Å². The molecule has 0 atom stereocenters. The molecule has 1 aromatic heterocycles. The van der Waals surface area contributed by atoms with Crippen LogP contribution in [0.15, 0.2) is 32.3 Å². The van der Waals surface area contributed by atoms with Gasteiger partial charge in [0.05, 0.1) is 10.7 Å². The zero-order chi connectivity index (χ0) is 16.6. The van der Waals surface area contributed by atoms with E-state index in [1.807, 2.05) is 0 Å². The number of nitrogens with two attached hydrogens (primary N) is 1. The molecule has 2 aromatic rings. The van der Waals surface area contributed by atoms with E-state index in [9.17, 15) is 14.4 Å². The first-order chi connectivity index (χ1) is 10.2. The number of carbonyl (C=O) groups excluding carboxylic acids is 1. The molecule has 1 heterocycles. The van der Waals surface area contributed by atoms with Gasteiger partial charge in [-0.25, -0.2) is 4.79 Å². The molecule has 0 spiro atoms. The standard InChI is InChI=1S/C13H12BrClN4O3/c1-18-11(17-8-4-3-6(14)5-7(8)15)9(10(16)20)12(21)19(2)13(18)22/h3-5,17H,1-2H3,(H2,16,20). The summed E-state index contributed by atoms with van der Waals surface area (Å²) in [5.74, 6) is -0.947. The summed E-state index contributed by atoms with van der Waals surface area (Å²) in [5.41, 5.74) is 4.02. The van der Waals surface area contributed by atoms with Gasteiger partial charge in [0, 0.05) is 18.6 Å². The first-order valence-electron chi connectivity index (χ1n) is 6.06. The highest BCUT2D eigenvalue weighted by atomic mass is 79.9. The predicted octanol–water partition coefficient (Wildman–Crippen LogP) is 1.34. The van der Waals surface area contributed by atoms with Crippen LogP contribution in [-0.4, -0.2) is 15.0 Å². The minimum absolute atomic E-state index is 0.00942. The number of benzene rings is 1. The third kappa shape index (κ3) is 2.79. The Hall–Kier alpha value is -2.06. The number of nitrogens with zero attached hydrogens (tertiary/aromatic N) is 2. The lowest BCUT2D eigenvalue weighted by molar-refractivity contribution is 0.0998. The van der Waals surface area contributed by atoms with Crippen molar-refractivity contribution in [3.63, 3.8) is 0 Å². The molecule has 0 aliphatic carbocycles. The Bertz CT molecular complexity index is 888. The van der Waals surface area contributed by atoms with Crippen molar-refractivity contribution in [1.29, 1.82) is 0 Å². The molecule has 116 valence electrons. The number of halogens is 2. The van der Waals surface area contributed by atoms with Crippen molar-refractivity contribution >= 4 is 44.9 Å². The second-order valence-electron chi connectivity index (χ2n) is 4.54. The lowest BCUT2D eigenvalue weighted by atomic mass is 10.2. The van der Waals surface area contributed by atoms with Gasteiger partial charge >= 0.3 is 5.69 Å². The van der Waals surface area contributed by atoms with Crippen LogP contribution in [0.5, 0.6) is 0 Å². The molecule has 1 amide bonds. The van der Waals surface area contributed by atoms with Gasteiger partial charge in [-0.2, -0.15) is 0 Å². The predicted molar refractivity (Wildman–Crippen MR) is 87.9 cm³/mol. The molecule has 1 aromatic carbocycles. The maximum absolute atomic E-state index is 12.1. The number of aromatic nitrogens is 2. The van der Waals surface area contributed by atoms with Crippen molar-refractivity contribution in [3.05, 3.63) is 54.1 Å². The maximum Gasteiger partial charge on any atom is 0.332 e. The van der Waals surface area contributed by atoms with Gasteiger partial charge < -0.3 is 11.1 Å². The van der Waals surface area contributed by atoms with Gasteiger partial charge in [-0.05, 0) is 18.2 Å². The van der Waals surface area contributed by atoms with E-state index in [1.165, 1.54) is 14.1 Å². The van der Waals surface area contributed by atoms with Crippen molar-refractivity contribution in [2.45, 2.75) is 0 Å². The molecule has 0 saturated heterocycles. The first kappa shape index (κ1) is 16.3. The summed E-state index contributed by atoms with van der Waals surface area (Å²) in [6.07, 6.45) is 0. The molecular formula is C13H12BrClN4O3. The van der Waals surface area contributed by atoms with Gasteiger partial charge in [0.25, 0.3) is 11.5 Å². The fraction of sp³-hybridized carbons (Fsp3) is 0.154. The van der Waals surface area contributed by atoms with E-state index in [4.69, 9.17) is 17.3 Å². The van der Waals surface area contributed by atoms with Gasteiger partial charge in [-0.15, -0.1) is 0 Å². The van der Waals surface area contributed by atoms with Gasteiger partial charge in [-0.1, -0.05) is 27.5 Å². The molecule has 0 bridgehead atoms. The molecule has 3 N–H and O–H groups in total. The second-order valence-corrected chi connectivity index (χ2v) is 5.87. The van der Waals surface area contributed by atoms with Gasteiger partial charge in [0.15, 0.2) is 0 Å². The Morgan fingerprint density at radius 1 is 1.27 bits per heavy atom. The van der Waals surface area contributed by atoms with Crippen molar-refractivity contribution < 1.29 is 4.79 Å². The highest BCUT2D eigenvalue weighted by Gasteiger charge is 2.20. The fourth-order valence-corrected chi connectivity index (χ4v) is 2.65. The average Bonchev–Trinajstić information content (AvgIpc) is 2.44. The third-order valence-electron chi connectivity index (χ3n) is 3.10. The van der Waals surface area contributed by atoms with Gasteiger partial charge in [0.1, 0.15) is 11.4 Å². The molecule has 0 saturated carbocycles. The average molecular weight is 388 g/mol. The summed E-state index contributed by atoms with van der Waals surface area (Å²) in [4.78, 5) is 35.7. The number of hydrogen-bond acceptors (Lipinski definition) is 4. The minimum Gasteiger partial charge on any atom is -0.365 e. The number of primary amides is 1. The SMILES string of the molecule is Cn1c(Nc2ccc(Br)cc2Cl)c(C(N)=O)c(=O)n(C)c1=O. The lowest BCUT2D eigenvalue weighted by Crippen LogP contribution is -2.42. The van der Waals surface area contributed by atoms with Gasteiger partial charge in [-0.3, -0.25) is 18.7 Å². The number of anilines is 2. The highest BCUT2D eigenvalue weighted by molar-refractivity contribution is 9.10. The quantitative estimate of drug-likeness (QED) is 0.830. The minimum atomic E-state index is -0.938. The van der Waals surface area contributed by atoms with E-state index >= 15 is 0 Å². The highest BCUT2D eigenvalue weighted by Crippen LogP contribution is 2.28. The first-order valence-corrected chi connectivity index (χ1v) is 7.23. The molecule has 7 nitrogen and oxygen atoms in total. The number of amides is 1. The Balaban J connectivity index is 2.72. The van der Waals surface area contributed by atoms with Crippen LogP contribution < -0.4 is 22.3 Å². The van der Waals surface area contributed by atoms with E-state index in [2.05, 4.69) is 21.2 Å². The fourth-order valence-electron chi connectivity index (χ4n) is 1.93. The second kappa shape index (κ2) is 5.98. The molecule has 22 heavy (non-hydrogen) atoms. The summed E-state index contributed by atoms with van der Waals surface area (Å²) in [5, 5.41) is 3.17. The summed E-state index contributed by atoms with van der Waals surface area (Å²) in [7, 11) is 2.69. The summed E-state index contributed by atoms with van der Waals surface area (Å²) < 4.78 is 2.70. The molecular weight excluding hydrogens is 376 g/mol. The number of carbonyl (C=O) groups is 1. The summed E-state index contributed by atoms with van der Waals surface area (Å²) >= 11 is 9.37. The van der Waals surface area contributed by atoms with E-state index in [0.717, 1.165) is 13.6 Å². The van der Waals surface area contributed by atoms with E-state index in [0.29, 0.717) is 10.7 Å². The molecule has 0 aliphatic heterocycles. The third-order valence-corrected chi connectivity index (χ3v) is 3.90. The molecule has 0 unspecified atom stereocenters. The van der Waals surface area contributed by atoms with Crippen molar-refractivity contribution in [2.24, 2.45) is 19.8 Å². The van der Waals surface area contributed by atoms with Crippen LogP contribution in [0, 0.1) is 0 Å². The van der Waals surface area contributed by atoms with Crippen molar-refractivity contribution in [3.8, 4) is 0 Å². The Morgan fingerprint density at radius 3 is 2.45 bits per heavy atom. The Kier molecular flexibility index (Phi) is 4.43. The molecule has 0 fully saturated rings. The normalized spacial score (nSPS) is 10.5. The Morgan fingerprint density at radius 2 is 1.91 bits per heavy atom. The van der Waals surface area contributed by atoms with Crippen LogP contribution in [0.25, 0.3) is 0 Å². The van der Waals surface area contributed by atoms with E-state index in [1.54, 1.807) is 18.2 Å². The largest absolute Gasteiger partial charge is 0.365 e. The van der Waals surface area contributed by atoms with E-state index < -0.39 is 17.2 Å². The number of rotatable bonds is 3. The van der Waals surface area contributed by atoms with Crippen LogP contribution in [0.4, 0.5) is 11.5 Å². The summed E-state index contributed by atoms with van der Waals surface area (Å²) in [6, 6.07) is 4.99. The lowest BCUT2D eigenvalue weighted by Gasteiger charge is -2.16. The maximum atomic E-state index is 12.1. The zero-order valence-corrected chi connectivity index (χ0v) is 14.0. The molecule has 9 heteroatoms. The van der Waals surface area contributed by atoms with Crippen LogP contribution in [-0.2, 0) is 14.1 Å². The number of nitrogens with one attached hydrogen (secondary N) is 1.